The zero-order valence-electron chi connectivity index (χ0n) is 14.5. The largest absolute Gasteiger partial charge is 0.534 e. The van der Waals surface area contributed by atoms with Crippen LogP contribution in [0.5, 0.6) is 5.75 Å². The lowest BCUT2D eigenvalue weighted by Crippen LogP contribution is -2.44. The van der Waals surface area contributed by atoms with Crippen LogP contribution < -0.4 is 9.29 Å². The predicted octanol–water partition coefficient (Wildman–Crippen LogP) is 2.25. The molecular weight excluding hydrogens is 375 g/mol. The van der Waals surface area contributed by atoms with Gasteiger partial charge in [-0.05, 0) is 35.1 Å². The number of hydrogen-bond acceptors (Lipinski definition) is 5. The number of amides is 1. The number of benzene rings is 1. The van der Waals surface area contributed by atoms with Gasteiger partial charge in [-0.3, -0.25) is 0 Å². The number of fused-ring (bicyclic) bond motifs is 1. The molecular formula is C16H19F3NO5S-. The lowest BCUT2D eigenvalue weighted by Gasteiger charge is -2.35. The summed E-state index contributed by atoms with van der Waals surface area (Å²) in [6.45, 7) is 6.02. The van der Waals surface area contributed by atoms with Crippen LogP contribution in [0.1, 0.15) is 37.8 Å². The molecule has 1 amide bonds. The van der Waals surface area contributed by atoms with E-state index in [1.807, 2.05) is 20.8 Å². The van der Waals surface area contributed by atoms with Crippen LogP contribution in [-0.4, -0.2) is 38.0 Å². The van der Waals surface area contributed by atoms with Crippen LogP contribution in [0.15, 0.2) is 18.2 Å². The Bertz CT molecular complexity index is 799. The summed E-state index contributed by atoms with van der Waals surface area (Å²) < 4.78 is 64.0. The Morgan fingerprint density at radius 3 is 2.38 bits per heavy atom. The Labute approximate surface area is 149 Å². The number of carbonyl (C=O) groups is 1. The van der Waals surface area contributed by atoms with Crippen LogP contribution in [-0.2, 0) is 16.5 Å². The van der Waals surface area contributed by atoms with E-state index in [1.54, 1.807) is 0 Å². The maximum Gasteiger partial charge on any atom is 0.534 e. The molecule has 0 fully saturated rings. The summed E-state index contributed by atoms with van der Waals surface area (Å²) in [5.74, 6) is -0.707. The lowest BCUT2D eigenvalue weighted by molar-refractivity contribution is -0.265. The zero-order valence-corrected chi connectivity index (χ0v) is 15.3. The van der Waals surface area contributed by atoms with Crippen molar-refractivity contribution in [3.8, 4) is 5.75 Å². The van der Waals surface area contributed by atoms with Crippen molar-refractivity contribution in [1.29, 1.82) is 0 Å². The van der Waals surface area contributed by atoms with Crippen LogP contribution in [0.4, 0.5) is 18.0 Å². The molecule has 0 saturated carbocycles. The van der Waals surface area contributed by atoms with Crippen molar-refractivity contribution >= 4 is 16.2 Å². The number of alkyl halides is 3. The summed E-state index contributed by atoms with van der Waals surface area (Å²) in [7, 11) is -5.77. The minimum absolute atomic E-state index is 0.0946. The fraction of sp³-hybridized carbons (Fsp3) is 0.562. The van der Waals surface area contributed by atoms with Gasteiger partial charge in [-0.25, -0.2) is 0 Å². The fourth-order valence-electron chi connectivity index (χ4n) is 2.94. The molecule has 6 nitrogen and oxygen atoms in total. The molecule has 26 heavy (non-hydrogen) atoms. The van der Waals surface area contributed by atoms with Crippen LogP contribution in [0, 0.1) is 5.41 Å². The average molecular weight is 394 g/mol. The topological polar surface area (TPSA) is 86.7 Å². The standard InChI is InChI=1S/C16H20F3NO5S/c1-15(2,3)13-9-20(14(21)22)7-6-10-8-11(4-5-12(10)13)25-26(23,24)16(17,18)19/h4-5,8,13H,6-7,9H2,1-3H3,(H,21,22)/p-1. The number of hydrogen-bond donors (Lipinski definition) is 0. The van der Waals surface area contributed by atoms with Crippen molar-refractivity contribution < 1.29 is 35.7 Å². The molecule has 1 atom stereocenters. The molecule has 146 valence electrons. The van der Waals surface area contributed by atoms with Crippen molar-refractivity contribution in [3.63, 3.8) is 0 Å². The number of rotatable bonds is 2. The summed E-state index contributed by atoms with van der Waals surface area (Å²) in [4.78, 5) is 12.4. The molecule has 1 aromatic carbocycles. The van der Waals surface area contributed by atoms with E-state index in [9.17, 15) is 31.5 Å². The molecule has 0 spiro atoms. The van der Waals surface area contributed by atoms with Gasteiger partial charge in [-0.15, -0.1) is 0 Å². The van der Waals surface area contributed by atoms with E-state index >= 15 is 0 Å². The third kappa shape index (κ3) is 4.22. The third-order valence-electron chi connectivity index (χ3n) is 4.34. The quantitative estimate of drug-likeness (QED) is 0.567. The molecule has 2 rings (SSSR count). The van der Waals surface area contributed by atoms with Crippen molar-refractivity contribution in [1.82, 2.24) is 4.90 Å². The molecule has 0 bridgehead atoms. The van der Waals surface area contributed by atoms with Gasteiger partial charge in [0.05, 0.1) is 0 Å². The molecule has 0 radical (unpaired) electrons. The zero-order chi connectivity index (χ0) is 19.9. The van der Waals surface area contributed by atoms with Crippen LogP contribution in [0.2, 0.25) is 0 Å². The molecule has 1 aliphatic heterocycles. The predicted molar refractivity (Wildman–Crippen MR) is 84.9 cm³/mol. The first-order valence-corrected chi connectivity index (χ1v) is 9.22. The van der Waals surface area contributed by atoms with Gasteiger partial charge in [-0.1, -0.05) is 26.8 Å². The van der Waals surface area contributed by atoms with E-state index in [4.69, 9.17) is 0 Å². The van der Waals surface area contributed by atoms with E-state index < -0.39 is 27.5 Å². The van der Waals surface area contributed by atoms with Crippen molar-refractivity contribution in [3.05, 3.63) is 29.3 Å². The maximum absolute atomic E-state index is 12.5. The first-order valence-electron chi connectivity index (χ1n) is 7.82. The second kappa shape index (κ2) is 6.64. The van der Waals surface area contributed by atoms with E-state index in [0.29, 0.717) is 5.56 Å². The van der Waals surface area contributed by atoms with Crippen LogP contribution in [0.3, 0.4) is 0 Å². The van der Waals surface area contributed by atoms with E-state index in [0.717, 1.165) is 16.5 Å². The van der Waals surface area contributed by atoms with Gasteiger partial charge < -0.3 is 19.0 Å². The maximum atomic E-state index is 12.5. The molecule has 0 saturated heterocycles. The second-order valence-electron chi connectivity index (χ2n) is 7.22. The Morgan fingerprint density at radius 1 is 1.27 bits per heavy atom. The molecule has 10 heteroatoms. The smallest absolute Gasteiger partial charge is 0.530 e. The SMILES string of the molecule is CC(C)(C)C1CN(C(=O)[O-])CCc2cc(OS(=O)(=O)C(F)(F)F)ccc21. The first kappa shape index (κ1) is 20.3. The molecule has 1 aromatic rings. The highest BCUT2D eigenvalue weighted by Gasteiger charge is 2.48. The highest BCUT2D eigenvalue weighted by atomic mass is 32.2. The molecule has 0 aromatic heterocycles. The van der Waals surface area contributed by atoms with Gasteiger partial charge in [0.1, 0.15) is 11.8 Å². The van der Waals surface area contributed by atoms with Crippen molar-refractivity contribution in [2.45, 2.75) is 38.6 Å². The van der Waals surface area contributed by atoms with Gasteiger partial charge in [0.15, 0.2) is 0 Å². The average Bonchev–Trinajstić information content (AvgIpc) is 2.64. The molecule has 0 N–H and O–H groups in total. The number of carbonyl (C=O) groups excluding carboxylic acids is 1. The number of halogens is 3. The number of nitrogens with zero attached hydrogens (tertiary/aromatic N) is 1. The second-order valence-corrected chi connectivity index (χ2v) is 8.76. The lowest BCUT2D eigenvalue weighted by atomic mass is 9.75. The van der Waals surface area contributed by atoms with Gasteiger partial charge in [0.2, 0.25) is 0 Å². The first-order chi connectivity index (χ1) is 11.7. The van der Waals surface area contributed by atoms with E-state index in [-0.39, 0.29) is 30.8 Å². The molecule has 1 unspecified atom stereocenters. The molecule has 1 aliphatic rings. The van der Waals surface area contributed by atoms with E-state index in [2.05, 4.69) is 4.18 Å². The van der Waals surface area contributed by atoms with Crippen LogP contribution in [0.25, 0.3) is 0 Å². The Balaban J connectivity index is 2.43. The van der Waals surface area contributed by atoms with E-state index in [1.165, 1.54) is 12.1 Å². The Morgan fingerprint density at radius 2 is 1.88 bits per heavy atom. The monoisotopic (exact) mass is 394 g/mol. The summed E-state index contributed by atoms with van der Waals surface area (Å²) in [5.41, 5.74) is -4.58. The normalized spacial score (nSPS) is 18.8. The Hall–Kier alpha value is -1.97. The molecule has 1 heterocycles. The number of carboxylic acid groups (broad SMARTS) is 1. The summed E-state index contributed by atoms with van der Waals surface area (Å²) >= 11 is 0. The summed E-state index contributed by atoms with van der Waals surface area (Å²) in [5, 5.41) is 11.3. The fourth-order valence-corrected chi connectivity index (χ4v) is 3.39. The van der Waals surface area contributed by atoms with Crippen molar-refractivity contribution in [2.24, 2.45) is 5.41 Å². The molecule has 0 aliphatic carbocycles. The highest BCUT2D eigenvalue weighted by molar-refractivity contribution is 7.88. The summed E-state index contributed by atoms with van der Waals surface area (Å²) in [6, 6.07) is 3.86. The van der Waals surface area contributed by atoms with Gasteiger partial charge in [0.25, 0.3) is 0 Å². The van der Waals surface area contributed by atoms with Gasteiger partial charge >= 0.3 is 15.6 Å². The van der Waals surface area contributed by atoms with Crippen molar-refractivity contribution in [2.75, 3.05) is 13.1 Å². The third-order valence-corrected chi connectivity index (χ3v) is 5.32. The minimum Gasteiger partial charge on any atom is -0.530 e. The highest BCUT2D eigenvalue weighted by Crippen LogP contribution is 2.40. The van der Waals surface area contributed by atoms with Crippen LogP contribution >= 0.6 is 0 Å². The van der Waals surface area contributed by atoms with Gasteiger partial charge in [-0.2, -0.15) is 21.6 Å². The Kier molecular flexibility index (Phi) is 5.19. The summed E-state index contributed by atoms with van der Waals surface area (Å²) in [6.07, 6.45) is -1.12. The van der Waals surface area contributed by atoms with Gasteiger partial charge in [0, 0.05) is 19.0 Å². The minimum atomic E-state index is -5.77.